The van der Waals surface area contributed by atoms with Gasteiger partial charge in [0, 0.05) is 35.2 Å². The van der Waals surface area contributed by atoms with Crippen LogP contribution in [0.15, 0.2) is 30.7 Å². The van der Waals surface area contributed by atoms with Gasteiger partial charge in [0.25, 0.3) is 0 Å². The van der Waals surface area contributed by atoms with Gasteiger partial charge in [0.05, 0.1) is 22.3 Å². The first-order chi connectivity index (χ1) is 14.8. The van der Waals surface area contributed by atoms with Crippen LogP contribution in [0.25, 0.3) is 11.1 Å². The molecule has 3 aromatic rings. The van der Waals surface area contributed by atoms with Crippen LogP contribution in [-0.2, 0) is 0 Å². The molecule has 0 saturated carbocycles. The van der Waals surface area contributed by atoms with Crippen LogP contribution in [0.2, 0.25) is 10.0 Å². The number of nitrogens with two attached hydrogens (primary N) is 1. The third kappa shape index (κ3) is 4.46. The van der Waals surface area contributed by atoms with Crippen molar-refractivity contribution in [1.82, 2.24) is 20.1 Å². The minimum absolute atomic E-state index is 0.00404. The molecule has 31 heavy (non-hydrogen) atoms. The second kappa shape index (κ2) is 8.98. The summed E-state index contributed by atoms with van der Waals surface area (Å²) in [5.41, 5.74) is 7.58. The first kappa shape index (κ1) is 21.8. The molecule has 4 rings (SSSR count). The molecule has 1 saturated heterocycles. The van der Waals surface area contributed by atoms with E-state index >= 15 is 0 Å². The van der Waals surface area contributed by atoms with Crippen molar-refractivity contribution in [3.8, 4) is 16.9 Å². The quantitative estimate of drug-likeness (QED) is 0.505. The molecule has 10 heteroatoms. The van der Waals surface area contributed by atoms with Crippen molar-refractivity contribution in [1.29, 1.82) is 0 Å². The summed E-state index contributed by atoms with van der Waals surface area (Å²) in [5.74, 6) is -1.46. The monoisotopic (exact) mass is 467 g/mol. The minimum Gasteiger partial charge on any atom is -0.482 e. The molecule has 3 heterocycles. The molecular formula is C21H21Cl2F2N5O. The van der Waals surface area contributed by atoms with Crippen LogP contribution in [0, 0.1) is 11.6 Å². The molecule has 1 aliphatic rings. The Bertz CT molecular complexity index is 1080. The highest BCUT2D eigenvalue weighted by molar-refractivity contribution is 6.36. The Morgan fingerprint density at radius 3 is 2.48 bits per heavy atom. The third-order valence-corrected chi connectivity index (χ3v) is 6.12. The molecule has 0 radical (unpaired) electrons. The molecule has 1 fully saturated rings. The molecule has 6 nitrogen and oxygen atoms in total. The molecule has 164 valence electrons. The van der Waals surface area contributed by atoms with Crippen LogP contribution in [0.3, 0.4) is 0 Å². The van der Waals surface area contributed by atoms with Gasteiger partial charge in [-0.2, -0.15) is 5.10 Å². The predicted octanol–water partition coefficient (Wildman–Crippen LogP) is 5.18. The lowest BCUT2D eigenvalue weighted by molar-refractivity contribution is 0.227. The number of nitrogens with one attached hydrogen (secondary N) is 1. The summed E-state index contributed by atoms with van der Waals surface area (Å²) < 4.78 is 35.6. The van der Waals surface area contributed by atoms with Crippen LogP contribution in [0.4, 0.5) is 14.6 Å². The fourth-order valence-electron chi connectivity index (χ4n) is 3.66. The second-order valence-electron chi connectivity index (χ2n) is 7.44. The Kier molecular flexibility index (Phi) is 6.31. The number of pyridine rings is 1. The number of ether oxygens (including phenoxy) is 1. The van der Waals surface area contributed by atoms with Gasteiger partial charge >= 0.3 is 0 Å². The normalized spacial score (nSPS) is 15.8. The molecule has 1 unspecified atom stereocenters. The molecular weight excluding hydrogens is 447 g/mol. The van der Waals surface area contributed by atoms with E-state index in [0.717, 1.165) is 37.1 Å². The Hall–Kier alpha value is -2.42. The van der Waals surface area contributed by atoms with E-state index in [4.69, 9.17) is 33.7 Å². The number of hydrogen-bond donors (Lipinski definition) is 2. The SMILES string of the molecule is CC(Oc1cc(-c2cnn(C3CCNCC3)c2)cnc1N)c1c(Cl)c(F)cc(F)c1Cl. The number of aromatic nitrogens is 3. The second-order valence-corrected chi connectivity index (χ2v) is 8.20. The van der Waals surface area contributed by atoms with Crippen molar-refractivity contribution in [2.45, 2.75) is 31.9 Å². The van der Waals surface area contributed by atoms with Crippen molar-refractivity contribution in [2.24, 2.45) is 0 Å². The lowest BCUT2D eigenvalue weighted by Crippen LogP contribution is -2.29. The van der Waals surface area contributed by atoms with E-state index in [2.05, 4.69) is 15.4 Å². The number of halogens is 4. The first-order valence-electron chi connectivity index (χ1n) is 9.85. The third-order valence-electron chi connectivity index (χ3n) is 5.36. The largest absolute Gasteiger partial charge is 0.482 e. The Balaban J connectivity index is 1.60. The lowest BCUT2D eigenvalue weighted by atomic mass is 10.1. The van der Waals surface area contributed by atoms with E-state index < -0.39 is 17.7 Å². The summed E-state index contributed by atoms with van der Waals surface area (Å²) in [6.45, 7) is 3.50. The summed E-state index contributed by atoms with van der Waals surface area (Å²) in [7, 11) is 0. The van der Waals surface area contributed by atoms with Gasteiger partial charge in [-0.15, -0.1) is 0 Å². The Labute approximate surface area is 188 Å². The van der Waals surface area contributed by atoms with Gasteiger partial charge in [-0.05, 0) is 38.9 Å². The highest BCUT2D eigenvalue weighted by atomic mass is 35.5. The van der Waals surface area contributed by atoms with Crippen molar-refractivity contribution in [3.63, 3.8) is 0 Å². The van der Waals surface area contributed by atoms with E-state index in [0.29, 0.717) is 12.1 Å². The fraction of sp³-hybridized carbons (Fsp3) is 0.333. The molecule has 1 atom stereocenters. The molecule has 0 aliphatic carbocycles. The van der Waals surface area contributed by atoms with Crippen molar-refractivity contribution in [3.05, 3.63) is 58.0 Å². The van der Waals surface area contributed by atoms with Gasteiger partial charge in [0.1, 0.15) is 17.7 Å². The van der Waals surface area contributed by atoms with Gasteiger partial charge in [-0.1, -0.05) is 23.2 Å². The maximum atomic E-state index is 13.9. The zero-order valence-corrected chi connectivity index (χ0v) is 18.2. The predicted molar refractivity (Wildman–Crippen MR) is 116 cm³/mol. The summed E-state index contributed by atoms with van der Waals surface area (Å²) in [4.78, 5) is 4.20. The highest BCUT2D eigenvalue weighted by Crippen LogP contribution is 2.38. The number of piperidine rings is 1. The van der Waals surface area contributed by atoms with Crippen LogP contribution >= 0.6 is 23.2 Å². The van der Waals surface area contributed by atoms with Crippen molar-refractivity contribution >= 4 is 29.0 Å². The molecule has 1 aromatic carbocycles. The fourth-order valence-corrected chi connectivity index (χ4v) is 4.32. The average Bonchev–Trinajstić information content (AvgIpc) is 3.25. The van der Waals surface area contributed by atoms with Gasteiger partial charge in [-0.3, -0.25) is 4.68 Å². The summed E-state index contributed by atoms with van der Waals surface area (Å²) in [5, 5.41) is 7.22. The Morgan fingerprint density at radius 1 is 1.13 bits per heavy atom. The van der Waals surface area contributed by atoms with Crippen molar-refractivity contribution in [2.75, 3.05) is 18.8 Å². The first-order valence-corrected chi connectivity index (χ1v) is 10.6. The van der Waals surface area contributed by atoms with E-state index in [1.807, 2.05) is 10.9 Å². The van der Waals surface area contributed by atoms with E-state index in [1.54, 1.807) is 25.4 Å². The maximum Gasteiger partial charge on any atom is 0.166 e. The number of anilines is 1. The number of hydrogen-bond acceptors (Lipinski definition) is 5. The number of nitrogens with zero attached hydrogens (tertiary/aromatic N) is 3. The zero-order valence-electron chi connectivity index (χ0n) is 16.7. The highest BCUT2D eigenvalue weighted by Gasteiger charge is 2.23. The zero-order chi connectivity index (χ0) is 22.1. The number of rotatable bonds is 5. The number of benzene rings is 1. The van der Waals surface area contributed by atoms with Gasteiger partial charge in [-0.25, -0.2) is 13.8 Å². The molecule has 2 aromatic heterocycles. The minimum atomic E-state index is -0.917. The topological polar surface area (TPSA) is 78.0 Å². The van der Waals surface area contributed by atoms with E-state index in [1.165, 1.54) is 0 Å². The van der Waals surface area contributed by atoms with E-state index in [9.17, 15) is 8.78 Å². The lowest BCUT2D eigenvalue weighted by Gasteiger charge is -2.22. The summed E-state index contributed by atoms with van der Waals surface area (Å²) in [6, 6.07) is 2.69. The van der Waals surface area contributed by atoms with Gasteiger partial charge in [0.2, 0.25) is 0 Å². The standard InChI is InChI=1S/C21H21Cl2F2N5O/c1-11(18-19(22)15(24)7-16(25)20(18)23)31-17-6-12(8-28-21(17)26)13-9-29-30(10-13)14-2-4-27-5-3-14/h6-11,14,27H,2-5H2,1H3,(H2,26,28). The molecule has 3 N–H and O–H groups in total. The van der Waals surface area contributed by atoms with Gasteiger partial charge in [0.15, 0.2) is 11.6 Å². The number of nitrogen functional groups attached to an aromatic ring is 1. The Morgan fingerprint density at radius 2 is 1.81 bits per heavy atom. The van der Waals surface area contributed by atoms with Crippen LogP contribution < -0.4 is 15.8 Å². The van der Waals surface area contributed by atoms with Crippen LogP contribution in [0.1, 0.15) is 37.5 Å². The van der Waals surface area contributed by atoms with Crippen LogP contribution in [-0.4, -0.2) is 27.9 Å². The maximum absolute atomic E-state index is 13.9. The molecule has 0 bridgehead atoms. The molecule has 1 aliphatic heterocycles. The van der Waals surface area contributed by atoms with Gasteiger partial charge < -0.3 is 15.8 Å². The van der Waals surface area contributed by atoms with Crippen LogP contribution in [0.5, 0.6) is 5.75 Å². The summed E-state index contributed by atoms with van der Waals surface area (Å²) in [6.07, 6.45) is 6.50. The molecule has 0 amide bonds. The van der Waals surface area contributed by atoms with Crippen molar-refractivity contribution < 1.29 is 13.5 Å². The van der Waals surface area contributed by atoms with E-state index in [-0.39, 0.29) is 27.2 Å². The summed E-state index contributed by atoms with van der Waals surface area (Å²) >= 11 is 12.0. The average molecular weight is 468 g/mol. The molecule has 0 spiro atoms. The smallest absolute Gasteiger partial charge is 0.166 e.